The molecule has 4 heterocycles. The molecule has 33 heavy (non-hydrogen) atoms. The maximum Gasteiger partial charge on any atom is 0.116 e. The zero-order valence-corrected chi connectivity index (χ0v) is 19.5. The van der Waals surface area contributed by atoms with Crippen LogP contribution in [0.4, 0.5) is 5.69 Å². The van der Waals surface area contributed by atoms with Crippen molar-refractivity contribution in [2.45, 2.75) is 50.6 Å². The summed E-state index contributed by atoms with van der Waals surface area (Å²) in [6.07, 6.45) is 6.40. The van der Waals surface area contributed by atoms with Crippen molar-refractivity contribution in [2.24, 2.45) is 7.05 Å². The van der Waals surface area contributed by atoms with Gasteiger partial charge in [0.1, 0.15) is 5.75 Å². The number of nitrogens with one attached hydrogen (secondary N) is 1. The molecule has 2 aromatic heterocycles. The molecule has 3 atom stereocenters. The molecule has 170 valence electrons. The van der Waals surface area contributed by atoms with Crippen LogP contribution in [-0.4, -0.2) is 44.7 Å². The van der Waals surface area contributed by atoms with Gasteiger partial charge in [-0.15, -0.1) is 0 Å². The van der Waals surface area contributed by atoms with E-state index in [1.807, 2.05) is 18.3 Å². The number of para-hydroxylation sites is 1. The predicted molar refractivity (Wildman–Crippen MR) is 135 cm³/mol. The molecular formula is C28H32N4O. The topological polar surface area (TPSA) is 53.3 Å². The summed E-state index contributed by atoms with van der Waals surface area (Å²) in [6, 6.07) is 17.6. The first-order valence-corrected chi connectivity index (χ1v) is 12.3. The van der Waals surface area contributed by atoms with Gasteiger partial charge >= 0.3 is 0 Å². The zero-order chi connectivity index (χ0) is 22.5. The molecule has 0 bridgehead atoms. The number of piperidine rings is 1. The number of fused-ring (bicyclic) bond motifs is 6. The average molecular weight is 441 g/mol. The second-order valence-corrected chi connectivity index (χ2v) is 9.65. The molecule has 0 unspecified atom stereocenters. The van der Waals surface area contributed by atoms with E-state index >= 15 is 0 Å². The number of phenols is 1. The normalized spacial score (nSPS) is 22.4. The summed E-state index contributed by atoms with van der Waals surface area (Å²) in [5.41, 5.74) is 6.33. The van der Waals surface area contributed by atoms with Gasteiger partial charge in [0, 0.05) is 53.2 Å². The molecule has 0 radical (unpaired) electrons. The second-order valence-electron chi connectivity index (χ2n) is 9.65. The fraction of sp³-hybridized carbons (Fsp3) is 0.393. The van der Waals surface area contributed by atoms with Crippen LogP contribution in [0.15, 0.2) is 54.7 Å². The van der Waals surface area contributed by atoms with Gasteiger partial charge in [-0.05, 0) is 74.7 Å². The summed E-state index contributed by atoms with van der Waals surface area (Å²) < 4.78 is 2.23. The monoisotopic (exact) mass is 440 g/mol. The number of hydrogen-bond acceptors (Lipinski definition) is 4. The number of aromatic hydroxyl groups is 1. The molecule has 2 aliphatic rings. The number of pyridine rings is 1. The lowest BCUT2D eigenvalue weighted by atomic mass is 9.82. The van der Waals surface area contributed by atoms with Crippen molar-refractivity contribution >= 4 is 27.5 Å². The molecular weight excluding hydrogens is 408 g/mol. The van der Waals surface area contributed by atoms with E-state index in [0.29, 0.717) is 23.8 Å². The van der Waals surface area contributed by atoms with Crippen LogP contribution in [0.2, 0.25) is 0 Å². The number of likely N-dealkylation sites (tertiary alicyclic amines) is 1. The van der Waals surface area contributed by atoms with Crippen molar-refractivity contribution < 1.29 is 5.11 Å². The third-order valence-corrected chi connectivity index (χ3v) is 8.01. The third-order valence-electron chi connectivity index (χ3n) is 8.01. The van der Waals surface area contributed by atoms with Gasteiger partial charge in [-0.25, -0.2) is 0 Å². The van der Waals surface area contributed by atoms with Gasteiger partial charge in [0.15, 0.2) is 0 Å². The standard InChI is InChI=1S/C28H32N4O/c1-3-32-16-14-20-19-7-4-5-8-23(19)30-27(20)26(32)10-6-9-24-28-21(13-15-29-24)22-17-18(33)11-12-25(22)31(28)2/h4-5,7-8,11-13,15,17,20,26-27,30,33H,3,6,9-10,14,16H2,1-2H3/t20-,26+,27-/m0/s1. The maximum absolute atomic E-state index is 10.0. The summed E-state index contributed by atoms with van der Waals surface area (Å²) >= 11 is 0. The first-order chi connectivity index (χ1) is 16.2. The first kappa shape index (κ1) is 20.5. The van der Waals surface area contributed by atoms with E-state index in [2.05, 4.69) is 59.1 Å². The Hall–Kier alpha value is -3.05. The average Bonchev–Trinajstić information content (AvgIpc) is 3.35. The summed E-state index contributed by atoms with van der Waals surface area (Å²) in [7, 11) is 2.11. The largest absolute Gasteiger partial charge is 0.508 e. The van der Waals surface area contributed by atoms with Crippen LogP contribution < -0.4 is 5.32 Å². The Morgan fingerprint density at radius 2 is 2.00 bits per heavy atom. The lowest BCUT2D eigenvalue weighted by molar-refractivity contribution is 0.123. The van der Waals surface area contributed by atoms with Gasteiger partial charge in [0.25, 0.3) is 0 Å². The van der Waals surface area contributed by atoms with Gasteiger partial charge in [-0.1, -0.05) is 25.1 Å². The van der Waals surface area contributed by atoms with E-state index in [4.69, 9.17) is 4.98 Å². The Labute approximate surface area is 195 Å². The number of hydrogen-bond donors (Lipinski definition) is 2. The lowest BCUT2D eigenvalue weighted by Gasteiger charge is -2.43. The Morgan fingerprint density at radius 3 is 2.88 bits per heavy atom. The smallest absolute Gasteiger partial charge is 0.116 e. The molecule has 1 fully saturated rings. The summed E-state index contributed by atoms with van der Waals surface area (Å²) in [4.78, 5) is 7.47. The highest BCUT2D eigenvalue weighted by atomic mass is 16.3. The van der Waals surface area contributed by atoms with Crippen molar-refractivity contribution in [3.63, 3.8) is 0 Å². The Morgan fingerprint density at radius 1 is 1.12 bits per heavy atom. The van der Waals surface area contributed by atoms with Crippen molar-refractivity contribution in [3.05, 3.63) is 66.0 Å². The predicted octanol–water partition coefficient (Wildman–Crippen LogP) is 5.43. The molecule has 0 spiro atoms. The number of anilines is 1. The summed E-state index contributed by atoms with van der Waals surface area (Å²) in [5.74, 6) is 0.936. The minimum atomic E-state index is 0.310. The van der Waals surface area contributed by atoms with Crippen LogP contribution in [0.3, 0.4) is 0 Å². The molecule has 0 aliphatic carbocycles. The number of rotatable bonds is 5. The highest BCUT2D eigenvalue weighted by Crippen LogP contribution is 2.44. The van der Waals surface area contributed by atoms with Crippen molar-refractivity contribution in [1.29, 1.82) is 0 Å². The quantitative estimate of drug-likeness (QED) is 0.435. The third kappa shape index (κ3) is 3.29. The Balaban J connectivity index is 1.25. The number of phenolic OH excluding ortho intramolecular Hbond substituents is 1. The van der Waals surface area contributed by atoms with Crippen LogP contribution in [-0.2, 0) is 13.5 Å². The van der Waals surface area contributed by atoms with Gasteiger partial charge in [-0.3, -0.25) is 9.88 Å². The number of likely N-dealkylation sites (N-methyl/N-ethyl adjacent to an activating group) is 1. The zero-order valence-electron chi connectivity index (χ0n) is 19.5. The molecule has 5 nitrogen and oxygen atoms in total. The number of aryl methyl sites for hydroxylation is 2. The molecule has 2 N–H and O–H groups in total. The minimum Gasteiger partial charge on any atom is -0.508 e. The van der Waals surface area contributed by atoms with Crippen molar-refractivity contribution in [2.75, 3.05) is 18.4 Å². The first-order valence-electron chi connectivity index (χ1n) is 12.3. The van der Waals surface area contributed by atoms with E-state index in [9.17, 15) is 5.11 Å². The second kappa shape index (κ2) is 8.07. The van der Waals surface area contributed by atoms with E-state index < -0.39 is 0 Å². The van der Waals surface area contributed by atoms with Gasteiger partial charge < -0.3 is 15.0 Å². The van der Waals surface area contributed by atoms with Gasteiger partial charge in [0.2, 0.25) is 0 Å². The summed E-state index contributed by atoms with van der Waals surface area (Å²) in [6.45, 7) is 4.58. The van der Waals surface area contributed by atoms with E-state index in [1.165, 1.54) is 41.5 Å². The van der Waals surface area contributed by atoms with E-state index in [1.54, 1.807) is 6.07 Å². The highest BCUT2D eigenvalue weighted by molar-refractivity contribution is 6.09. The fourth-order valence-electron chi connectivity index (χ4n) is 6.48. The minimum absolute atomic E-state index is 0.310. The van der Waals surface area contributed by atoms with Gasteiger partial charge in [0.05, 0.1) is 11.2 Å². The molecule has 0 amide bonds. The SMILES string of the molecule is CCN1CC[C@H]2c3ccccc3N[C@@H]2[C@H]1CCCc1nccc2c3cc(O)ccc3n(C)c12. The van der Waals surface area contributed by atoms with Crippen molar-refractivity contribution in [3.8, 4) is 5.75 Å². The van der Waals surface area contributed by atoms with Gasteiger partial charge in [-0.2, -0.15) is 0 Å². The van der Waals surface area contributed by atoms with Crippen molar-refractivity contribution in [1.82, 2.24) is 14.5 Å². The number of benzene rings is 2. The highest BCUT2D eigenvalue weighted by Gasteiger charge is 2.42. The Bertz CT molecular complexity index is 1330. The Kier molecular flexibility index (Phi) is 5.02. The molecule has 5 heteroatoms. The van der Waals surface area contributed by atoms with Crippen LogP contribution in [0.1, 0.15) is 43.4 Å². The molecule has 2 aliphatic heterocycles. The molecule has 1 saturated heterocycles. The maximum atomic E-state index is 10.0. The molecule has 2 aromatic carbocycles. The fourth-order valence-corrected chi connectivity index (χ4v) is 6.48. The molecule has 0 saturated carbocycles. The van der Waals surface area contributed by atoms with Crippen LogP contribution in [0.5, 0.6) is 5.75 Å². The summed E-state index contributed by atoms with van der Waals surface area (Å²) in [5, 5.41) is 16.2. The van der Waals surface area contributed by atoms with Crippen LogP contribution >= 0.6 is 0 Å². The molecule has 6 rings (SSSR count). The van der Waals surface area contributed by atoms with Crippen LogP contribution in [0.25, 0.3) is 21.8 Å². The number of aromatic nitrogens is 2. The van der Waals surface area contributed by atoms with E-state index in [-0.39, 0.29) is 0 Å². The number of nitrogens with zero attached hydrogens (tertiary/aromatic N) is 3. The lowest BCUT2D eigenvalue weighted by Crippen LogP contribution is -2.52. The van der Waals surface area contributed by atoms with E-state index in [0.717, 1.165) is 36.0 Å². The van der Waals surface area contributed by atoms with Crippen LogP contribution in [0, 0.1) is 0 Å². The molecule has 4 aromatic rings.